The fourth-order valence-electron chi connectivity index (χ4n) is 2.94. The van der Waals surface area contributed by atoms with Gasteiger partial charge in [0.15, 0.2) is 0 Å². The van der Waals surface area contributed by atoms with E-state index in [1.165, 1.54) is 13.2 Å². The van der Waals surface area contributed by atoms with Crippen LogP contribution in [0.2, 0.25) is 0 Å². The van der Waals surface area contributed by atoms with E-state index in [2.05, 4.69) is 0 Å². The summed E-state index contributed by atoms with van der Waals surface area (Å²) >= 11 is 0. The van der Waals surface area contributed by atoms with Gasteiger partial charge in [0.25, 0.3) is 6.29 Å². The molecule has 2 heterocycles. The van der Waals surface area contributed by atoms with Crippen LogP contribution < -0.4 is 0 Å². The molecule has 0 aliphatic carbocycles. The molecule has 0 bridgehead atoms. The van der Waals surface area contributed by atoms with Gasteiger partial charge in [-0.05, 0) is 24.3 Å². The minimum Gasteiger partial charge on any atom is -0.465 e. The topological polar surface area (TPSA) is 92.0 Å². The molecule has 1 aliphatic rings. The number of furan rings is 1. The van der Waals surface area contributed by atoms with Crippen molar-refractivity contribution in [3.8, 4) is 11.3 Å². The van der Waals surface area contributed by atoms with Crippen LogP contribution in [0.3, 0.4) is 0 Å². The number of carbonyl (C=O) groups excluding carboxylic acids is 3. The molecule has 0 amide bonds. The van der Waals surface area contributed by atoms with Crippen LogP contribution in [0.15, 0.2) is 76.7 Å². The van der Waals surface area contributed by atoms with Crippen molar-refractivity contribution in [2.45, 2.75) is 6.29 Å². The highest BCUT2D eigenvalue weighted by Crippen LogP contribution is 2.29. The Morgan fingerprint density at radius 2 is 1.67 bits per heavy atom. The lowest BCUT2D eigenvalue weighted by Crippen LogP contribution is -2.29. The van der Waals surface area contributed by atoms with Crippen LogP contribution in [0, 0.1) is 0 Å². The zero-order valence-corrected chi connectivity index (χ0v) is 15.9. The zero-order valence-electron chi connectivity index (χ0n) is 15.9. The number of cyclic esters (lactones) is 2. The molecule has 1 aromatic heterocycles. The molecule has 2 aromatic carbocycles. The third-order valence-corrected chi connectivity index (χ3v) is 4.42. The first-order valence-electron chi connectivity index (χ1n) is 9.02. The first-order valence-corrected chi connectivity index (χ1v) is 9.02. The van der Waals surface area contributed by atoms with Crippen molar-refractivity contribution in [3.05, 3.63) is 89.2 Å². The monoisotopic (exact) mass is 404 g/mol. The fraction of sp³-hybridized carbons (Fsp3) is 0.0870. The van der Waals surface area contributed by atoms with Crippen molar-refractivity contribution in [2.24, 2.45) is 0 Å². The van der Waals surface area contributed by atoms with Crippen molar-refractivity contribution >= 4 is 24.0 Å². The normalized spacial score (nSPS) is 15.9. The summed E-state index contributed by atoms with van der Waals surface area (Å²) in [5.74, 6) is -1.36. The third-order valence-electron chi connectivity index (χ3n) is 4.42. The quantitative estimate of drug-likeness (QED) is 0.370. The summed E-state index contributed by atoms with van der Waals surface area (Å²) < 4.78 is 20.9. The van der Waals surface area contributed by atoms with E-state index in [1.807, 2.05) is 0 Å². The van der Waals surface area contributed by atoms with E-state index >= 15 is 0 Å². The van der Waals surface area contributed by atoms with Gasteiger partial charge in [0.1, 0.15) is 17.1 Å². The molecule has 0 radical (unpaired) electrons. The van der Waals surface area contributed by atoms with E-state index < -0.39 is 24.2 Å². The molecule has 0 saturated carbocycles. The Morgan fingerprint density at radius 3 is 2.37 bits per heavy atom. The second-order valence-electron chi connectivity index (χ2n) is 6.39. The molecule has 4 rings (SSSR count). The summed E-state index contributed by atoms with van der Waals surface area (Å²) in [7, 11) is 1.30. The van der Waals surface area contributed by atoms with E-state index in [0.717, 1.165) is 0 Å². The summed E-state index contributed by atoms with van der Waals surface area (Å²) in [6.45, 7) is 0. The maximum Gasteiger partial charge on any atom is 0.349 e. The lowest BCUT2D eigenvalue weighted by Gasteiger charge is -2.23. The van der Waals surface area contributed by atoms with Crippen molar-refractivity contribution in [3.63, 3.8) is 0 Å². The number of carbonyl (C=O) groups is 3. The van der Waals surface area contributed by atoms with Gasteiger partial charge in [-0.25, -0.2) is 14.4 Å². The molecule has 7 heteroatoms. The van der Waals surface area contributed by atoms with Crippen LogP contribution in [0.4, 0.5) is 0 Å². The lowest BCUT2D eigenvalue weighted by atomic mass is 10.1. The average molecular weight is 404 g/mol. The Hall–Kier alpha value is -4.13. The van der Waals surface area contributed by atoms with Gasteiger partial charge in [-0.1, -0.05) is 42.5 Å². The Bertz CT molecular complexity index is 1120. The van der Waals surface area contributed by atoms with Gasteiger partial charge < -0.3 is 18.6 Å². The van der Waals surface area contributed by atoms with Crippen molar-refractivity contribution in [1.82, 2.24) is 0 Å². The maximum absolute atomic E-state index is 12.3. The lowest BCUT2D eigenvalue weighted by molar-refractivity contribution is -0.195. The summed E-state index contributed by atoms with van der Waals surface area (Å²) in [6, 6.07) is 18.7. The summed E-state index contributed by atoms with van der Waals surface area (Å²) in [4.78, 5) is 36.4. The Morgan fingerprint density at radius 1 is 0.933 bits per heavy atom. The van der Waals surface area contributed by atoms with Crippen LogP contribution in [0.5, 0.6) is 0 Å². The number of hydrogen-bond donors (Lipinski definition) is 0. The van der Waals surface area contributed by atoms with Gasteiger partial charge >= 0.3 is 17.9 Å². The zero-order chi connectivity index (χ0) is 21.1. The first kappa shape index (κ1) is 19.2. The molecule has 1 aliphatic heterocycles. The third kappa shape index (κ3) is 3.86. The number of hydrogen-bond acceptors (Lipinski definition) is 7. The van der Waals surface area contributed by atoms with E-state index in [1.54, 1.807) is 66.7 Å². The van der Waals surface area contributed by atoms with E-state index in [0.29, 0.717) is 22.5 Å². The van der Waals surface area contributed by atoms with Crippen LogP contribution in [0.1, 0.15) is 28.0 Å². The number of methoxy groups -OCH3 is 1. The second-order valence-corrected chi connectivity index (χ2v) is 6.39. The predicted octanol–water partition coefficient (Wildman–Crippen LogP) is 3.92. The first-order chi connectivity index (χ1) is 14.5. The SMILES string of the molecule is COC(=O)c1cccc(-c2ccc(C=C3C(=O)OC(c4ccccc4)OC3=O)o2)c1. The van der Waals surface area contributed by atoms with Crippen LogP contribution >= 0.6 is 0 Å². The highest BCUT2D eigenvalue weighted by Gasteiger charge is 2.34. The number of rotatable bonds is 4. The molecule has 150 valence electrons. The fourth-order valence-corrected chi connectivity index (χ4v) is 2.94. The molecule has 3 aromatic rings. The molecule has 0 unspecified atom stereocenters. The van der Waals surface area contributed by atoms with Crippen LogP contribution in [-0.2, 0) is 23.8 Å². The van der Waals surface area contributed by atoms with Crippen molar-refractivity contribution in [1.29, 1.82) is 0 Å². The maximum atomic E-state index is 12.3. The average Bonchev–Trinajstić information content (AvgIpc) is 3.25. The highest BCUT2D eigenvalue weighted by atomic mass is 16.7. The highest BCUT2D eigenvalue weighted by molar-refractivity contribution is 6.18. The van der Waals surface area contributed by atoms with Gasteiger partial charge in [0, 0.05) is 17.2 Å². The Labute approximate surface area is 171 Å². The summed E-state index contributed by atoms with van der Waals surface area (Å²) in [6.07, 6.45) is 0.177. The molecule has 0 spiro atoms. The van der Waals surface area contributed by atoms with Gasteiger partial charge in [-0.2, -0.15) is 0 Å². The number of ether oxygens (including phenoxy) is 3. The Kier molecular flexibility index (Phi) is 5.17. The molecule has 30 heavy (non-hydrogen) atoms. The van der Waals surface area contributed by atoms with Crippen LogP contribution in [-0.4, -0.2) is 25.0 Å². The Balaban J connectivity index is 1.55. The van der Waals surface area contributed by atoms with Gasteiger partial charge in [-0.15, -0.1) is 0 Å². The standard InChI is InChI=1S/C23H16O7/c1-27-20(24)16-9-5-8-15(12-16)19-11-10-17(28-19)13-18-21(25)29-23(30-22(18)26)14-6-3-2-4-7-14/h2-13,23H,1H3. The largest absolute Gasteiger partial charge is 0.465 e. The summed E-state index contributed by atoms with van der Waals surface area (Å²) in [5.41, 5.74) is 1.30. The second kappa shape index (κ2) is 8.08. The minimum absolute atomic E-state index is 0.260. The van der Waals surface area contributed by atoms with E-state index in [-0.39, 0.29) is 11.3 Å². The summed E-state index contributed by atoms with van der Waals surface area (Å²) in [5, 5.41) is 0. The number of esters is 3. The van der Waals surface area contributed by atoms with Gasteiger partial charge in [0.05, 0.1) is 12.7 Å². The van der Waals surface area contributed by atoms with E-state index in [9.17, 15) is 14.4 Å². The number of benzene rings is 2. The van der Waals surface area contributed by atoms with Gasteiger partial charge in [-0.3, -0.25) is 0 Å². The predicted molar refractivity (Wildman–Crippen MR) is 105 cm³/mol. The minimum atomic E-state index is -1.09. The molecule has 7 nitrogen and oxygen atoms in total. The molecule has 0 N–H and O–H groups in total. The van der Waals surface area contributed by atoms with Gasteiger partial charge in [0.2, 0.25) is 0 Å². The molecular formula is C23H16O7. The molecular weight excluding hydrogens is 388 g/mol. The van der Waals surface area contributed by atoms with Crippen molar-refractivity contribution < 1.29 is 33.0 Å². The molecule has 1 saturated heterocycles. The smallest absolute Gasteiger partial charge is 0.349 e. The van der Waals surface area contributed by atoms with Crippen molar-refractivity contribution in [2.75, 3.05) is 7.11 Å². The van der Waals surface area contributed by atoms with Crippen LogP contribution in [0.25, 0.3) is 17.4 Å². The molecule has 0 atom stereocenters. The van der Waals surface area contributed by atoms with E-state index in [4.69, 9.17) is 18.6 Å². The molecule has 1 fully saturated rings.